The summed E-state index contributed by atoms with van der Waals surface area (Å²) in [5, 5.41) is 11.3. The predicted octanol–water partition coefficient (Wildman–Crippen LogP) is 3.01. The van der Waals surface area contributed by atoms with Crippen molar-refractivity contribution in [2.75, 3.05) is 5.32 Å². The first-order chi connectivity index (χ1) is 10.7. The van der Waals surface area contributed by atoms with Gasteiger partial charge in [0.15, 0.2) is 0 Å². The topological polar surface area (TPSA) is 76.7 Å². The van der Waals surface area contributed by atoms with E-state index in [1.165, 1.54) is 0 Å². The van der Waals surface area contributed by atoms with Gasteiger partial charge in [-0.3, -0.25) is 0 Å². The highest BCUT2D eigenvalue weighted by Crippen LogP contribution is 2.17. The van der Waals surface area contributed by atoms with E-state index in [4.69, 9.17) is 4.42 Å². The third-order valence-corrected chi connectivity index (χ3v) is 3.16. The average molecular weight is 295 g/mol. The first kappa shape index (κ1) is 14.2. The van der Waals surface area contributed by atoms with Crippen LogP contribution in [0.25, 0.3) is 11.5 Å². The minimum absolute atomic E-state index is 0.430. The molecule has 0 aliphatic heterocycles. The fraction of sp³-hybridized carbons (Fsp3) is 0.250. The molecule has 0 radical (unpaired) electrons. The second-order valence-electron chi connectivity index (χ2n) is 4.87. The highest BCUT2D eigenvalue weighted by Gasteiger charge is 2.08. The number of anilines is 1. The van der Waals surface area contributed by atoms with Crippen LogP contribution >= 0.6 is 0 Å². The van der Waals surface area contributed by atoms with E-state index >= 15 is 0 Å². The molecule has 0 fully saturated rings. The Morgan fingerprint density at radius 1 is 1.09 bits per heavy atom. The molecule has 22 heavy (non-hydrogen) atoms. The molecular formula is C16H17N5O. The molecule has 2 heterocycles. The van der Waals surface area contributed by atoms with E-state index in [2.05, 4.69) is 32.4 Å². The van der Waals surface area contributed by atoms with Crippen LogP contribution in [0.15, 0.2) is 40.8 Å². The predicted molar refractivity (Wildman–Crippen MR) is 83.2 cm³/mol. The monoisotopic (exact) mass is 295 g/mol. The summed E-state index contributed by atoms with van der Waals surface area (Å²) < 4.78 is 5.65. The van der Waals surface area contributed by atoms with Gasteiger partial charge in [-0.2, -0.15) is 0 Å². The van der Waals surface area contributed by atoms with Gasteiger partial charge in [0.05, 0.1) is 6.54 Å². The number of nitrogens with zero attached hydrogens (tertiary/aromatic N) is 4. The lowest BCUT2D eigenvalue weighted by molar-refractivity contribution is 0.514. The Balaban J connectivity index is 1.70. The molecule has 0 atom stereocenters. The van der Waals surface area contributed by atoms with E-state index < -0.39 is 0 Å². The molecule has 0 amide bonds. The highest BCUT2D eigenvalue weighted by molar-refractivity contribution is 5.51. The second kappa shape index (κ2) is 6.34. The molecule has 3 rings (SSSR count). The zero-order chi connectivity index (χ0) is 15.4. The molecule has 0 aliphatic carbocycles. The summed E-state index contributed by atoms with van der Waals surface area (Å²) in [6, 6.07) is 11.6. The molecule has 0 unspecified atom stereocenters. The zero-order valence-corrected chi connectivity index (χ0v) is 12.6. The number of hydrogen-bond acceptors (Lipinski definition) is 6. The van der Waals surface area contributed by atoms with Gasteiger partial charge in [-0.1, -0.05) is 25.1 Å². The average Bonchev–Trinajstić information content (AvgIpc) is 3.02. The number of aryl methyl sites for hydroxylation is 2. The van der Waals surface area contributed by atoms with Gasteiger partial charge in [-0.25, -0.2) is 9.97 Å². The molecule has 6 heteroatoms. The molecule has 3 aromatic rings. The number of hydrogen-bond donors (Lipinski definition) is 1. The lowest BCUT2D eigenvalue weighted by atomic mass is 10.2. The molecular weight excluding hydrogens is 278 g/mol. The lowest BCUT2D eigenvalue weighted by Crippen LogP contribution is -2.05. The van der Waals surface area contributed by atoms with Crippen molar-refractivity contribution in [3.63, 3.8) is 0 Å². The van der Waals surface area contributed by atoms with Crippen molar-refractivity contribution >= 4 is 5.82 Å². The number of rotatable bonds is 5. The number of nitrogens with one attached hydrogen (secondary N) is 1. The summed E-state index contributed by atoms with van der Waals surface area (Å²) >= 11 is 0. The maximum absolute atomic E-state index is 5.65. The van der Waals surface area contributed by atoms with Crippen LogP contribution in [0.3, 0.4) is 0 Å². The SMILES string of the molecule is CCc1cc(NCc2nnc(-c3ccccc3)o2)nc(C)n1. The maximum Gasteiger partial charge on any atom is 0.247 e. The number of aromatic nitrogens is 4. The standard InChI is InChI=1S/C16H17N5O/c1-3-13-9-14(19-11(2)18-13)17-10-15-20-21-16(22-15)12-7-5-4-6-8-12/h4-9H,3,10H2,1-2H3,(H,17,18,19). The molecule has 0 aliphatic rings. The quantitative estimate of drug-likeness (QED) is 0.779. The smallest absolute Gasteiger partial charge is 0.247 e. The summed E-state index contributed by atoms with van der Waals surface area (Å²) in [5.74, 6) is 2.56. The third kappa shape index (κ3) is 3.28. The Labute approximate surface area is 128 Å². The van der Waals surface area contributed by atoms with Crippen LogP contribution in [-0.2, 0) is 13.0 Å². The molecule has 0 spiro atoms. The van der Waals surface area contributed by atoms with Gasteiger partial charge in [0.1, 0.15) is 11.6 Å². The van der Waals surface area contributed by atoms with Crippen molar-refractivity contribution in [1.82, 2.24) is 20.2 Å². The molecule has 6 nitrogen and oxygen atoms in total. The van der Waals surface area contributed by atoms with Crippen LogP contribution in [-0.4, -0.2) is 20.2 Å². The fourth-order valence-corrected chi connectivity index (χ4v) is 2.09. The van der Waals surface area contributed by atoms with Crippen LogP contribution < -0.4 is 5.32 Å². The fourth-order valence-electron chi connectivity index (χ4n) is 2.09. The first-order valence-electron chi connectivity index (χ1n) is 7.21. The maximum atomic E-state index is 5.65. The lowest BCUT2D eigenvalue weighted by Gasteiger charge is -2.05. The Morgan fingerprint density at radius 3 is 2.68 bits per heavy atom. The van der Waals surface area contributed by atoms with Gasteiger partial charge < -0.3 is 9.73 Å². The van der Waals surface area contributed by atoms with Crippen molar-refractivity contribution in [3.05, 3.63) is 53.8 Å². The Kier molecular flexibility index (Phi) is 4.09. The van der Waals surface area contributed by atoms with E-state index in [-0.39, 0.29) is 0 Å². The normalized spacial score (nSPS) is 10.6. The van der Waals surface area contributed by atoms with E-state index in [0.717, 1.165) is 29.3 Å². The number of benzene rings is 1. The summed E-state index contributed by atoms with van der Waals surface area (Å²) in [4.78, 5) is 8.70. The van der Waals surface area contributed by atoms with Crippen molar-refractivity contribution in [3.8, 4) is 11.5 Å². The van der Waals surface area contributed by atoms with Gasteiger partial charge in [-0.05, 0) is 25.5 Å². The van der Waals surface area contributed by atoms with Crippen LogP contribution in [0.2, 0.25) is 0 Å². The second-order valence-corrected chi connectivity index (χ2v) is 4.87. The van der Waals surface area contributed by atoms with E-state index in [1.807, 2.05) is 43.3 Å². The first-order valence-corrected chi connectivity index (χ1v) is 7.21. The molecule has 112 valence electrons. The van der Waals surface area contributed by atoms with Crippen LogP contribution in [0.4, 0.5) is 5.82 Å². The minimum Gasteiger partial charge on any atom is -0.419 e. The summed E-state index contributed by atoms with van der Waals surface area (Å²) in [5.41, 5.74) is 1.91. The van der Waals surface area contributed by atoms with Gasteiger partial charge in [0.25, 0.3) is 0 Å². The van der Waals surface area contributed by atoms with Crippen molar-refractivity contribution < 1.29 is 4.42 Å². The largest absolute Gasteiger partial charge is 0.419 e. The molecule has 0 saturated carbocycles. The van der Waals surface area contributed by atoms with Crippen LogP contribution in [0.5, 0.6) is 0 Å². The van der Waals surface area contributed by atoms with Gasteiger partial charge in [-0.15, -0.1) is 10.2 Å². The summed E-state index contributed by atoms with van der Waals surface area (Å²) in [7, 11) is 0. The Morgan fingerprint density at radius 2 is 1.91 bits per heavy atom. The van der Waals surface area contributed by atoms with Gasteiger partial charge in [0, 0.05) is 17.3 Å². The summed E-state index contributed by atoms with van der Waals surface area (Å²) in [6.07, 6.45) is 0.872. The summed E-state index contributed by atoms with van der Waals surface area (Å²) in [6.45, 7) is 4.37. The molecule has 1 aromatic carbocycles. The Hall–Kier alpha value is -2.76. The van der Waals surface area contributed by atoms with Crippen LogP contribution in [0.1, 0.15) is 24.3 Å². The zero-order valence-electron chi connectivity index (χ0n) is 12.6. The van der Waals surface area contributed by atoms with Crippen LogP contribution in [0, 0.1) is 6.92 Å². The van der Waals surface area contributed by atoms with Gasteiger partial charge >= 0.3 is 0 Å². The minimum atomic E-state index is 0.430. The van der Waals surface area contributed by atoms with E-state index in [9.17, 15) is 0 Å². The highest BCUT2D eigenvalue weighted by atomic mass is 16.4. The molecule has 1 N–H and O–H groups in total. The molecule has 0 saturated heterocycles. The van der Waals surface area contributed by atoms with Gasteiger partial charge in [0.2, 0.25) is 11.8 Å². The molecule has 2 aromatic heterocycles. The molecule has 0 bridgehead atoms. The van der Waals surface area contributed by atoms with Crippen molar-refractivity contribution in [1.29, 1.82) is 0 Å². The Bertz CT molecular complexity index is 754. The van der Waals surface area contributed by atoms with E-state index in [1.54, 1.807) is 0 Å². The van der Waals surface area contributed by atoms with E-state index in [0.29, 0.717) is 18.3 Å². The van der Waals surface area contributed by atoms with Crippen molar-refractivity contribution in [2.24, 2.45) is 0 Å². The van der Waals surface area contributed by atoms with Crippen molar-refractivity contribution in [2.45, 2.75) is 26.8 Å². The third-order valence-electron chi connectivity index (χ3n) is 3.16.